The minimum atomic E-state index is -3.23. The van der Waals surface area contributed by atoms with Crippen LogP contribution in [0.2, 0.25) is 0 Å². The molecule has 4 N–H and O–H groups in total. The first kappa shape index (κ1) is 63.0. The van der Waals surface area contributed by atoms with Crippen molar-refractivity contribution in [2.45, 2.75) is 65.8 Å². The Morgan fingerprint density at radius 2 is 1.06 bits per heavy atom. The fourth-order valence-electron chi connectivity index (χ4n) is 10.2. The Hall–Kier alpha value is -5.50. The summed E-state index contributed by atoms with van der Waals surface area (Å²) in [5.74, 6) is 1.88. The van der Waals surface area contributed by atoms with E-state index in [1.165, 1.54) is 44.9 Å². The van der Waals surface area contributed by atoms with Gasteiger partial charge in [0, 0.05) is 119 Å². The molecule has 6 aromatic rings. The summed E-state index contributed by atoms with van der Waals surface area (Å²) in [5.41, 5.74) is 13.2. The van der Waals surface area contributed by atoms with Crippen LogP contribution in [0, 0.1) is 34.1 Å². The number of sulfonamides is 2. The second-order valence-electron chi connectivity index (χ2n) is 21.8. The van der Waals surface area contributed by atoms with Crippen LogP contribution in [0.15, 0.2) is 29.4 Å². The van der Waals surface area contributed by atoms with E-state index in [9.17, 15) is 37.1 Å². The Labute approximate surface area is 503 Å². The van der Waals surface area contributed by atoms with Crippen molar-refractivity contribution >= 4 is 126 Å². The highest BCUT2D eigenvalue weighted by Crippen LogP contribution is 2.47. The SMILES string of the molecule is CC1(C)OB(c2cnc(N)nc2)OC1(C)C.Cc1c(CN2CCN(S(C)(=O)=O)CC2)sc2c(N3CCOCC3)nc(-c3cnc(N)cn3)c([N+](=O)[O-])c12.Cc1c(CN2CCN(S(C)(=O)=O)CC2)sc2c(N3CCOCC3)nc(Br)c([N+](=O)[O-])c12. The van der Waals surface area contributed by atoms with Gasteiger partial charge in [0.05, 0.1) is 92.6 Å². The summed E-state index contributed by atoms with van der Waals surface area (Å²) >= 11 is 6.37. The Balaban J connectivity index is 0.000000162. The average Bonchev–Trinajstić information content (AvgIpc) is 3.98. The van der Waals surface area contributed by atoms with E-state index in [1.807, 2.05) is 41.5 Å². The summed E-state index contributed by atoms with van der Waals surface area (Å²) in [5, 5.41) is 25.4. The number of hydrogen-bond donors (Lipinski definition) is 2. The summed E-state index contributed by atoms with van der Waals surface area (Å²) in [6, 6.07) is 0. The minimum Gasteiger partial charge on any atom is -0.399 e. The first-order valence-electron chi connectivity index (χ1n) is 27.0. The molecule has 0 amide bonds. The Bertz CT molecular complexity index is 3620. The topological polar surface area (TPSA) is 340 Å². The van der Waals surface area contributed by atoms with E-state index >= 15 is 0 Å². The number of aromatic nitrogens is 6. The lowest BCUT2D eigenvalue weighted by atomic mass is 9.81. The number of thiophene rings is 2. The Kier molecular flexibility index (Phi) is 19.1. The number of anilines is 4. The summed E-state index contributed by atoms with van der Waals surface area (Å²) < 4.78 is 74.7. The van der Waals surface area contributed by atoms with Crippen molar-refractivity contribution < 1.29 is 45.5 Å². The number of morpholine rings is 2. The lowest BCUT2D eigenvalue weighted by Gasteiger charge is -2.33. The molecule has 34 heteroatoms. The maximum Gasteiger partial charge on any atom is 0.498 e. The molecule has 0 saturated carbocycles. The quantitative estimate of drug-likeness (QED) is 0.0756. The third-order valence-electron chi connectivity index (χ3n) is 15.7. The summed E-state index contributed by atoms with van der Waals surface area (Å²) in [4.78, 5) is 59.7. The molecule has 5 aliphatic rings. The molecule has 5 saturated heterocycles. The molecule has 84 heavy (non-hydrogen) atoms. The molecule has 0 aliphatic carbocycles. The van der Waals surface area contributed by atoms with Gasteiger partial charge in [0.15, 0.2) is 10.3 Å². The zero-order valence-electron chi connectivity index (χ0n) is 47.9. The Morgan fingerprint density at radius 3 is 1.46 bits per heavy atom. The predicted octanol–water partition coefficient (Wildman–Crippen LogP) is 4.01. The molecular weight excluding hydrogens is 1240 g/mol. The maximum absolute atomic E-state index is 12.4. The molecule has 28 nitrogen and oxygen atoms in total. The molecule has 0 atom stereocenters. The number of rotatable bonds is 12. The van der Waals surface area contributed by atoms with Crippen molar-refractivity contribution in [3.63, 3.8) is 0 Å². The smallest absolute Gasteiger partial charge is 0.399 e. The van der Waals surface area contributed by atoms with Crippen LogP contribution in [0.25, 0.3) is 31.6 Å². The van der Waals surface area contributed by atoms with Gasteiger partial charge in [0.25, 0.3) is 0 Å². The van der Waals surface area contributed by atoms with Gasteiger partial charge in [-0.25, -0.2) is 46.7 Å². The fourth-order valence-corrected chi connectivity index (χ4v) is 15.1. The maximum atomic E-state index is 12.4. The number of pyridine rings is 2. The molecule has 0 spiro atoms. The van der Waals surface area contributed by atoms with E-state index in [0.717, 1.165) is 41.6 Å². The van der Waals surface area contributed by atoms with Crippen LogP contribution in [0.5, 0.6) is 0 Å². The number of halogens is 1. The third kappa shape index (κ3) is 13.8. The second-order valence-corrected chi connectivity index (χ2v) is 28.7. The van der Waals surface area contributed by atoms with Crippen LogP contribution in [-0.4, -0.2) is 211 Å². The van der Waals surface area contributed by atoms with Gasteiger partial charge < -0.3 is 40.0 Å². The zero-order valence-corrected chi connectivity index (χ0v) is 52.8. The van der Waals surface area contributed by atoms with Crippen molar-refractivity contribution in [3.05, 3.63) is 70.5 Å². The van der Waals surface area contributed by atoms with Crippen LogP contribution in [0.3, 0.4) is 0 Å². The number of hydrogen-bond acceptors (Lipinski definition) is 26. The zero-order chi connectivity index (χ0) is 60.6. The average molecular weight is 1300 g/mol. The standard InChI is InChI=1S/C22H28N8O5S2.C18H24BrN5O5S2.C10H16BN3O2/c1-14-16(13-27-3-5-29(6-4-27)37(2,33)34)36-21-18(14)20(30(31)32)19(15-11-25-17(23)12-24-15)26-22(21)28-7-9-35-10-8-28;1-12-13(11-21-3-5-23(6-4-21)31(2,27)28)30-16-14(12)15(24(25)26)17(19)20-18(16)22-7-9-29-10-8-22;1-9(2)10(3,4)16-11(15-9)7-5-13-8(12)14-6-7/h11-12H,3-10,13H2,1-2H3,(H2,23,25);3-11H2,1-2H3;5-6H,1-4H3,(H2,12,13,14). The molecule has 5 aliphatic heterocycles. The predicted molar refractivity (Wildman–Crippen MR) is 327 cm³/mol. The summed E-state index contributed by atoms with van der Waals surface area (Å²) in [6.07, 6.45) is 8.48. The largest absolute Gasteiger partial charge is 0.498 e. The Morgan fingerprint density at radius 1 is 0.631 bits per heavy atom. The summed E-state index contributed by atoms with van der Waals surface area (Å²) in [6.45, 7) is 22.1. The van der Waals surface area contributed by atoms with Gasteiger partial charge in [-0.3, -0.25) is 30.0 Å². The van der Waals surface area contributed by atoms with Gasteiger partial charge in [-0.2, -0.15) is 8.61 Å². The monoisotopic (exact) mass is 1300 g/mol. The van der Waals surface area contributed by atoms with E-state index in [1.54, 1.807) is 23.7 Å². The van der Waals surface area contributed by atoms with Crippen LogP contribution >= 0.6 is 38.6 Å². The van der Waals surface area contributed by atoms with Crippen molar-refractivity contribution in [2.75, 3.05) is 139 Å². The van der Waals surface area contributed by atoms with Crippen LogP contribution < -0.4 is 26.7 Å². The number of ether oxygens (including phenoxy) is 2. The normalized spacial score (nSPS) is 19.3. The number of piperazine rings is 2. The van der Waals surface area contributed by atoms with Crippen molar-refractivity contribution in [3.8, 4) is 11.4 Å². The molecule has 454 valence electrons. The highest BCUT2D eigenvalue weighted by Gasteiger charge is 2.52. The second kappa shape index (κ2) is 25.5. The molecule has 0 radical (unpaired) electrons. The molecule has 0 aromatic carbocycles. The number of nitrogens with zero attached hydrogens (tertiary/aromatic N) is 14. The molecule has 0 bridgehead atoms. The van der Waals surface area contributed by atoms with Gasteiger partial charge in [0.2, 0.25) is 26.0 Å². The van der Waals surface area contributed by atoms with Gasteiger partial charge in [-0.15, -0.1) is 22.7 Å². The summed E-state index contributed by atoms with van der Waals surface area (Å²) in [7, 11) is -6.84. The first-order valence-corrected chi connectivity index (χ1v) is 33.1. The molecule has 0 unspecified atom stereocenters. The van der Waals surface area contributed by atoms with Crippen molar-refractivity contribution in [1.82, 2.24) is 48.3 Å². The third-order valence-corrected chi connectivity index (χ3v) is 21.4. The van der Waals surface area contributed by atoms with Crippen LogP contribution in [0.1, 0.15) is 48.6 Å². The molecule has 5 fully saturated rings. The molecule has 11 heterocycles. The van der Waals surface area contributed by atoms with E-state index in [2.05, 4.69) is 60.4 Å². The van der Waals surface area contributed by atoms with E-state index in [4.69, 9.17) is 35.2 Å². The van der Waals surface area contributed by atoms with Crippen LogP contribution in [0.4, 0.5) is 34.8 Å². The van der Waals surface area contributed by atoms with Gasteiger partial charge >= 0.3 is 18.5 Å². The van der Waals surface area contributed by atoms with Crippen LogP contribution in [-0.2, 0) is 51.9 Å². The number of aryl methyl sites for hydroxylation is 2. The number of nitro groups is 2. The number of nitrogen functional groups attached to an aromatic ring is 2. The van der Waals surface area contributed by atoms with Crippen molar-refractivity contribution in [2.24, 2.45) is 0 Å². The molecule has 11 rings (SSSR count). The number of fused-ring (bicyclic) bond motifs is 2. The van der Waals surface area contributed by atoms with Gasteiger partial charge in [-0.05, 0) is 68.6 Å². The molecular formula is C50H68BBrN16O12S4. The van der Waals surface area contributed by atoms with Crippen molar-refractivity contribution in [1.29, 1.82) is 0 Å². The van der Waals surface area contributed by atoms with E-state index in [0.29, 0.717) is 135 Å². The van der Waals surface area contributed by atoms with Gasteiger partial charge in [-0.1, -0.05) is 0 Å². The van der Waals surface area contributed by atoms with Gasteiger partial charge in [0.1, 0.15) is 23.1 Å². The van der Waals surface area contributed by atoms with E-state index < -0.39 is 32.1 Å². The highest BCUT2D eigenvalue weighted by atomic mass is 79.9. The number of nitrogens with two attached hydrogens (primary N) is 2. The lowest BCUT2D eigenvalue weighted by molar-refractivity contribution is -0.384. The minimum absolute atomic E-state index is 0.00564. The molecule has 6 aromatic heterocycles. The first-order chi connectivity index (χ1) is 39.6. The highest BCUT2D eigenvalue weighted by molar-refractivity contribution is 9.10. The fraction of sp³-hybridized carbons (Fsp3) is 0.560. The van der Waals surface area contributed by atoms with E-state index in [-0.39, 0.29) is 55.3 Å². The lowest BCUT2D eigenvalue weighted by Crippen LogP contribution is -2.47.